The fourth-order valence-electron chi connectivity index (χ4n) is 1.30. The van der Waals surface area contributed by atoms with E-state index in [-0.39, 0.29) is 24.9 Å². The lowest BCUT2D eigenvalue weighted by Gasteiger charge is -2.07. The van der Waals surface area contributed by atoms with Crippen LogP contribution in [0.4, 0.5) is 0 Å². The Morgan fingerprint density at radius 1 is 1.29 bits per heavy atom. The van der Waals surface area contributed by atoms with E-state index in [0.717, 1.165) is 5.56 Å². The average molecular weight is 230 g/mol. The number of terminal acetylenes is 1. The molecule has 4 nitrogen and oxygen atoms in total. The summed E-state index contributed by atoms with van der Waals surface area (Å²) < 4.78 is 0. The van der Waals surface area contributed by atoms with Crippen LogP contribution in [0.25, 0.3) is 0 Å². The summed E-state index contributed by atoms with van der Waals surface area (Å²) in [5.41, 5.74) is 1.44. The minimum atomic E-state index is -0.301. The van der Waals surface area contributed by atoms with Gasteiger partial charge in [0.2, 0.25) is 5.91 Å². The maximum absolute atomic E-state index is 11.7. The Hall–Kier alpha value is -2.28. The van der Waals surface area contributed by atoms with Gasteiger partial charge in [0, 0.05) is 5.56 Å². The van der Waals surface area contributed by atoms with E-state index in [4.69, 9.17) is 6.42 Å². The van der Waals surface area contributed by atoms with Gasteiger partial charge in [0.1, 0.15) is 0 Å². The second-order valence-electron chi connectivity index (χ2n) is 3.48. The van der Waals surface area contributed by atoms with E-state index in [1.807, 2.05) is 19.1 Å². The third kappa shape index (κ3) is 3.99. The van der Waals surface area contributed by atoms with E-state index in [1.165, 1.54) is 0 Å². The van der Waals surface area contributed by atoms with Crippen molar-refractivity contribution in [3.05, 3.63) is 35.4 Å². The molecule has 0 saturated heterocycles. The minimum Gasteiger partial charge on any atom is -0.344 e. The summed E-state index contributed by atoms with van der Waals surface area (Å²) in [4.78, 5) is 22.9. The van der Waals surface area contributed by atoms with Crippen LogP contribution in [0.1, 0.15) is 15.9 Å². The quantitative estimate of drug-likeness (QED) is 0.739. The highest BCUT2D eigenvalue weighted by Gasteiger charge is 2.09. The number of hydrogen-bond donors (Lipinski definition) is 2. The summed E-state index contributed by atoms with van der Waals surface area (Å²) in [5, 5.41) is 4.99. The standard InChI is InChI=1S/C13H14N2O2/c1-3-8-14-12(16)9-15-13(17)11-7-5-4-6-10(11)2/h1,4-7H,8-9H2,2H3,(H,14,16)(H,15,17). The fourth-order valence-corrected chi connectivity index (χ4v) is 1.30. The lowest BCUT2D eigenvalue weighted by molar-refractivity contribution is -0.119. The molecule has 0 fully saturated rings. The van der Waals surface area contributed by atoms with Crippen LogP contribution in [-0.4, -0.2) is 24.9 Å². The Kier molecular flexibility index (Phi) is 4.77. The topological polar surface area (TPSA) is 58.2 Å². The largest absolute Gasteiger partial charge is 0.344 e. The van der Waals surface area contributed by atoms with Gasteiger partial charge in [-0.15, -0.1) is 6.42 Å². The van der Waals surface area contributed by atoms with Crippen molar-refractivity contribution >= 4 is 11.8 Å². The predicted octanol–water partition coefficient (Wildman–Crippen LogP) is 0.474. The zero-order valence-electron chi connectivity index (χ0n) is 9.62. The molecule has 1 rings (SSSR count). The molecule has 2 N–H and O–H groups in total. The van der Waals surface area contributed by atoms with Gasteiger partial charge < -0.3 is 10.6 Å². The molecule has 0 saturated carbocycles. The smallest absolute Gasteiger partial charge is 0.251 e. The van der Waals surface area contributed by atoms with Crippen LogP contribution in [0.5, 0.6) is 0 Å². The van der Waals surface area contributed by atoms with Crippen molar-refractivity contribution in [2.45, 2.75) is 6.92 Å². The van der Waals surface area contributed by atoms with Crippen molar-refractivity contribution in [3.63, 3.8) is 0 Å². The molecule has 4 heteroatoms. The minimum absolute atomic E-state index is 0.0746. The number of carbonyl (C=O) groups excluding carboxylic acids is 2. The van der Waals surface area contributed by atoms with E-state index in [0.29, 0.717) is 5.56 Å². The van der Waals surface area contributed by atoms with Crippen molar-refractivity contribution in [1.29, 1.82) is 0 Å². The maximum Gasteiger partial charge on any atom is 0.251 e. The van der Waals surface area contributed by atoms with Crippen LogP contribution in [0.3, 0.4) is 0 Å². The zero-order valence-corrected chi connectivity index (χ0v) is 9.62. The van der Waals surface area contributed by atoms with Crippen molar-refractivity contribution in [2.75, 3.05) is 13.1 Å². The first-order chi connectivity index (χ1) is 8.15. The van der Waals surface area contributed by atoms with Crippen LogP contribution in [-0.2, 0) is 4.79 Å². The van der Waals surface area contributed by atoms with Crippen molar-refractivity contribution in [3.8, 4) is 12.3 Å². The van der Waals surface area contributed by atoms with Gasteiger partial charge in [-0.25, -0.2) is 0 Å². The first-order valence-corrected chi connectivity index (χ1v) is 5.19. The summed E-state index contributed by atoms with van der Waals surface area (Å²) in [6, 6.07) is 7.18. The average Bonchev–Trinajstić information content (AvgIpc) is 2.34. The van der Waals surface area contributed by atoms with Crippen LogP contribution >= 0.6 is 0 Å². The second-order valence-corrected chi connectivity index (χ2v) is 3.48. The third-order valence-electron chi connectivity index (χ3n) is 2.19. The first-order valence-electron chi connectivity index (χ1n) is 5.19. The van der Waals surface area contributed by atoms with Gasteiger partial charge in [-0.2, -0.15) is 0 Å². The van der Waals surface area contributed by atoms with Gasteiger partial charge in [-0.3, -0.25) is 9.59 Å². The van der Waals surface area contributed by atoms with Crippen LogP contribution < -0.4 is 10.6 Å². The van der Waals surface area contributed by atoms with Gasteiger partial charge in [-0.05, 0) is 18.6 Å². The molecule has 88 valence electrons. The molecule has 2 amide bonds. The van der Waals surface area contributed by atoms with E-state index in [1.54, 1.807) is 12.1 Å². The molecule has 1 aromatic carbocycles. The number of rotatable bonds is 4. The van der Waals surface area contributed by atoms with Gasteiger partial charge in [0.15, 0.2) is 0 Å². The number of aryl methyl sites for hydroxylation is 1. The summed E-state index contributed by atoms with van der Waals surface area (Å²) in [5.74, 6) is 1.72. The molecule has 0 radical (unpaired) electrons. The molecular weight excluding hydrogens is 216 g/mol. The third-order valence-corrected chi connectivity index (χ3v) is 2.19. The van der Waals surface area contributed by atoms with E-state index >= 15 is 0 Å². The van der Waals surface area contributed by atoms with E-state index in [2.05, 4.69) is 16.6 Å². The molecule has 17 heavy (non-hydrogen) atoms. The number of hydrogen-bond acceptors (Lipinski definition) is 2. The molecular formula is C13H14N2O2. The first kappa shape index (κ1) is 12.8. The van der Waals surface area contributed by atoms with Crippen LogP contribution in [0.15, 0.2) is 24.3 Å². The number of carbonyl (C=O) groups is 2. The van der Waals surface area contributed by atoms with Gasteiger partial charge in [0.25, 0.3) is 5.91 Å². The Bertz CT molecular complexity index is 461. The molecule has 0 heterocycles. The van der Waals surface area contributed by atoms with Gasteiger partial charge in [0.05, 0.1) is 13.1 Å². The second kappa shape index (κ2) is 6.33. The lowest BCUT2D eigenvalue weighted by atomic mass is 10.1. The van der Waals surface area contributed by atoms with Crippen LogP contribution in [0, 0.1) is 19.3 Å². The summed E-state index contributed by atoms with van der Waals surface area (Å²) >= 11 is 0. The monoisotopic (exact) mass is 230 g/mol. The number of nitrogens with one attached hydrogen (secondary N) is 2. The summed E-state index contributed by atoms with van der Waals surface area (Å²) in [6.07, 6.45) is 4.99. The van der Waals surface area contributed by atoms with Crippen molar-refractivity contribution in [1.82, 2.24) is 10.6 Å². The predicted molar refractivity (Wildman–Crippen MR) is 65.4 cm³/mol. The highest BCUT2D eigenvalue weighted by molar-refractivity contribution is 5.97. The SMILES string of the molecule is C#CCNC(=O)CNC(=O)c1ccccc1C. The Labute approximate surface area is 100 Å². The van der Waals surface area contributed by atoms with E-state index < -0.39 is 0 Å². The molecule has 0 aromatic heterocycles. The molecule has 0 atom stereocenters. The highest BCUT2D eigenvalue weighted by atomic mass is 16.2. The molecule has 1 aromatic rings. The molecule has 0 spiro atoms. The normalized spacial score (nSPS) is 9.18. The molecule has 0 unspecified atom stereocenters. The summed E-state index contributed by atoms with van der Waals surface area (Å²) in [7, 11) is 0. The zero-order chi connectivity index (χ0) is 12.7. The van der Waals surface area contributed by atoms with Gasteiger partial charge in [-0.1, -0.05) is 24.1 Å². The summed E-state index contributed by atoms with van der Waals surface area (Å²) in [6.45, 7) is 1.93. The van der Waals surface area contributed by atoms with Crippen molar-refractivity contribution in [2.24, 2.45) is 0 Å². The van der Waals surface area contributed by atoms with Crippen molar-refractivity contribution < 1.29 is 9.59 Å². The van der Waals surface area contributed by atoms with E-state index in [9.17, 15) is 9.59 Å². The highest BCUT2D eigenvalue weighted by Crippen LogP contribution is 2.05. The molecule has 0 aliphatic carbocycles. The maximum atomic E-state index is 11.7. The number of amides is 2. The number of benzene rings is 1. The fraction of sp³-hybridized carbons (Fsp3) is 0.231. The Morgan fingerprint density at radius 2 is 2.00 bits per heavy atom. The molecule has 0 aliphatic heterocycles. The lowest BCUT2D eigenvalue weighted by Crippen LogP contribution is -2.37. The Morgan fingerprint density at radius 3 is 2.65 bits per heavy atom. The van der Waals surface area contributed by atoms with Gasteiger partial charge >= 0.3 is 0 Å². The molecule has 0 aliphatic rings. The molecule has 0 bridgehead atoms. The van der Waals surface area contributed by atoms with Crippen LogP contribution in [0.2, 0.25) is 0 Å². The Balaban J connectivity index is 2.49.